The summed E-state index contributed by atoms with van der Waals surface area (Å²) in [5.74, 6) is 2.02. The number of aryl methyl sites for hydroxylation is 1. The average molecular weight is 364 g/mol. The standard InChI is InChI=1S/C19H22ClNO2S/c1-14-5-3-4-6-18(14)15(2)21-19(22)13-24-12-11-23-17-9-7-16(20)8-10-17/h3-10,15H,11-13H2,1-2H3,(H,21,22). The highest BCUT2D eigenvalue weighted by Gasteiger charge is 2.11. The molecule has 1 amide bonds. The van der Waals surface area contributed by atoms with Crippen molar-refractivity contribution in [2.24, 2.45) is 0 Å². The van der Waals surface area contributed by atoms with Gasteiger partial charge in [0.05, 0.1) is 18.4 Å². The van der Waals surface area contributed by atoms with Crippen LogP contribution in [0.2, 0.25) is 5.02 Å². The number of nitrogens with one attached hydrogen (secondary N) is 1. The van der Waals surface area contributed by atoms with Gasteiger partial charge in [-0.15, -0.1) is 11.8 Å². The second-order valence-electron chi connectivity index (χ2n) is 5.50. The summed E-state index contributed by atoms with van der Waals surface area (Å²) in [5.41, 5.74) is 2.34. The molecule has 24 heavy (non-hydrogen) atoms. The van der Waals surface area contributed by atoms with Crippen LogP contribution >= 0.6 is 23.4 Å². The molecule has 0 saturated heterocycles. The summed E-state index contributed by atoms with van der Waals surface area (Å²) < 4.78 is 5.60. The van der Waals surface area contributed by atoms with Gasteiger partial charge in [-0.1, -0.05) is 35.9 Å². The maximum atomic E-state index is 12.0. The van der Waals surface area contributed by atoms with E-state index in [2.05, 4.69) is 18.3 Å². The van der Waals surface area contributed by atoms with Crippen molar-refractivity contribution in [3.8, 4) is 5.75 Å². The SMILES string of the molecule is Cc1ccccc1C(C)NC(=O)CSCCOc1ccc(Cl)cc1. The fourth-order valence-corrected chi connectivity index (χ4v) is 3.09. The van der Waals surface area contributed by atoms with Gasteiger partial charge in [0.15, 0.2) is 0 Å². The Kier molecular flexibility index (Phi) is 7.47. The normalized spacial score (nSPS) is 11.8. The van der Waals surface area contributed by atoms with Gasteiger partial charge < -0.3 is 10.1 Å². The first kappa shape index (κ1) is 18.7. The second kappa shape index (κ2) is 9.60. The van der Waals surface area contributed by atoms with Crippen molar-refractivity contribution >= 4 is 29.3 Å². The van der Waals surface area contributed by atoms with Gasteiger partial charge in [0.25, 0.3) is 0 Å². The summed E-state index contributed by atoms with van der Waals surface area (Å²) in [6.45, 7) is 4.63. The van der Waals surface area contributed by atoms with Gasteiger partial charge in [-0.25, -0.2) is 0 Å². The lowest BCUT2D eigenvalue weighted by Gasteiger charge is -2.16. The molecular weight excluding hydrogens is 342 g/mol. The minimum atomic E-state index is 0.0182. The van der Waals surface area contributed by atoms with E-state index in [-0.39, 0.29) is 11.9 Å². The van der Waals surface area contributed by atoms with Crippen LogP contribution < -0.4 is 10.1 Å². The van der Waals surface area contributed by atoms with Crippen LogP contribution in [0.1, 0.15) is 24.1 Å². The summed E-state index contributed by atoms with van der Waals surface area (Å²) in [7, 11) is 0. The molecule has 0 radical (unpaired) electrons. The van der Waals surface area contributed by atoms with E-state index in [1.165, 1.54) is 5.56 Å². The number of hydrogen-bond donors (Lipinski definition) is 1. The van der Waals surface area contributed by atoms with Gasteiger partial charge in [0, 0.05) is 10.8 Å². The van der Waals surface area contributed by atoms with Crippen molar-refractivity contribution in [1.82, 2.24) is 5.32 Å². The fourth-order valence-electron chi connectivity index (χ4n) is 2.35. The summed E-state index contributed by atoms with van der Waals surface area (Å²) in [6, 6.07) is 15.4. The van der Waals surface area contributed by atoms with Gasteiger partial charge in [0.1, 0.15) is 5.75 Å². The van der Waals surface area contributed by atoms with Crippen molar-refractivity contribution < 1.29 is 9.53 Å². The molecule has 0 aliphatic carbocycles. The Balaban J connectivity index is 1.64. The molecule has 2 aromatic rings. The minimum Gasteiger partial charge on any atom is -0.493 e. The number of carbonyl (C=O) groups is 1. The Labute approximate surface area is 152 Å². The third kappa shape index (κ3) is 6.10. The van der Waals surface area contributed by atoms with Gasteiger partial charge in [0.2, 0.25) is 5.91 Å². The summed E-state index contributed by atoms with van der Waals surface area (Å²) in [5, 5.41) is 3.73. The topological polar surface area (TPSA) is 38.3 Å². The molecule has 5 heteroatoms. The predicted octanol–water partition coefficient (Wildman–Crippen LogP) is 4.64. The highest BCUT2D eigenvalue weighted by atomic mass is 35.5. The highest BCUT2D eigenvalue weighted by Crippen LogP contribution is 2.17. The first-order chi connectivity index (χ1) is 11.6. The zero-order chi connectivity index (χ0) is 17.4. The number of carbonyl (C=O) groups excluding carboxylic acids is 1. The number of hydrogen-bond acceptors (Lipinski definition) is 3. The van der Waals surface area contributed by atoms with Crippen molar-refractivity contribution in [1.29, 1.82) is 0 Å². The van der Waals surface area contributed by atoms with E-state index < -0.39 is 0 Å². The Morgan fingerprint density at radius 1 is 1.21 bits per heavy atom. The smallest absolute Gasteiger partial charge is 0.230 e. The zero-order valence-corrected chi connectivity index (χ0v) is 15.5. The van der Waals surface area contributed by atoms with Crippen molar-refractivity contribution in [2.75, 3.05) is 18.1 Å². The second-order valence-corrected chi connectivity index (χ2v) is 7.04. The van der Waals surface area contributed by atoms with E-state index in [9.17, 15) is 4.79 Å². The van der Waals surface area contributed by atoms with Crippen molar-refractivity contribution in [3.05, 3.63) is 64.7 Å². The van der Waals surface area contributed by atoms with Crippen LogP contribution in [0.15, 0.2) is 48.5 Å². The number of ether oxygens (including phenoxy) is 1. The highest BCUT2D eigenvalue weighted by molar-refractivity contribution is 7.99. The molecule has 1 unspecified atom stereocenters. The molecule has 2 aromatic carbocycles. The van der Waals surface area contributed by atoms with E-state index in [0.29, 0.717) is 17.4 Å². The summed E-state index contributed by atoms with van der Waals surface area (Å²) >= 11 is 7.38. The number of thioether (sulfide) groups is 1. The Bertz CT molecular complexity index is 661. The molecule has 0 aliphatic heterocycles. The molecule has 3 nitrogen and oxygen atoms in total. The first-order valence-corrected chi connectivity index (χ1v) is 9.40. The first-order valence-electron chi connectivity index (χ1n) is 7.87. The number of halogens is 1. The van der Waals surface area contributed by atoms with Crippen LogP contribution in [0.3, 0.4) is 0 Å². The Morgan fingerprint density at radius 3 is 2.62 bits per heavy atom. The molecule has 0 bridgehead atoms. The molecular formula is C19H22ClNO2S. The van der Waals surface area contributed by atoms with Crippen LogP contribution in [0, 0.1) is 6.92 Å². The molecule has 128 valence electrons. The molecule has 0 fully saturated rings. The average Bonchev–Trinajstić information content (AvgIpc) is 2.56. The zero-order valence-electron chi connectivity index (χ0n) is 13.9. The number of benzene rings is 2. The van der Waals surface area contributed by atoms with Crippen LogP contribution in [0.5, 0.6) is 5.75 Å². The lowest BCUT2D eigenvalue weighted by atomic mass is 10.0. The summed E-state index contributed by atoms with van der Waals surface area (Å²) in [4.78, 5) is 12.0. The molecule has 2 rings (SSSR count). The van der Waals surface area contributed by atoms with E-state index in [0.717, 1.165) is 17.1 Å². The lowest BCUT2D eigenvalue weighted by molar-refractivity contribution is -0.119. The van der Waals surface area contributed by atoms with Gasteiger partial charge in [-0.3, -0.25) is 4.79 Å². The van der Waals surface area contributed by atoms with Gasteiger partial charge in [-0.05, 0) is 49.2 Å². The lowest BCUT2D eigenvalue weighted by Crippen LogP contribution is -2.28. The maximum Gasteiger partial charge on any atom is 0.230 e. The largest absolute Gasteiger partial charge is 0.493 e. The van der Waals surface area contributed by atoms with Gasteiger partial charge >= 0.3 is 0 Å². The Hall–Kier alpha value is -1.65. The molecule has 0 aliphatic rings. The van der Waals surface area contributed by atoms with E-state index in [4.69, 9.17) is 16.3 Å². The van der Waals surface area contributed by atoms with Crippen LogP contribution in [-0.4, -0.2) is 24.0 Å². The van der Waals surface area contributed by atoms with Crippen LogP contribution in [-0.2, 0) is 4.79 Å². The van der Waals surface area contributed by atoms with Gasteiger partial charge in [-0.2, -0.15) is 0 Å². The fraction of sp³-hybridized carbons (Fsp3) is 0.316. The molecule has 0 saturated carbocycles. The van der Waals surface area contributed by atoms with Crippen LogP contribution in [0.4, 0.5) is 0 Å². The molecule has 1 N–H and O–H groups in total. The maximum absolute atomic E-state index is 12.0. The Morgan fingerprint density at radius 2 is 1.92 bits per heavy atom. The van der Waals surface area contributed by atoms with E-state index >= 15 is 0 Å². The molecule has 0 heterocycles. The van der Waals surface area contributed by atoms with E-state index in [1.54, 1.807) is 23.9 Å². The van der Waals surface area contributed by atoms with Crippen molar-refractivity contribution in [3.63, 3.8) is 0 Å². The third-order valence-electron chi connectivity index (χ3n) is 3.58. The quantitative estimate of drug-likeness (QED) is 0.694. The number of amides is 1. The monoisotopic (exact) mass is 363 g/mol. The molecule has 0 spiro atoms. The minimum absolute atomic E-state index is 0.0182. The number of rotatable bonds is 8. The third-order valence-corrected chi connectivity index (χ3v) is 4.75. The molecule has 0 aromatic heterocycles. The summed E-state index contributed by atoms with van der Waals surface area (Å²) in [6.07, 6.45) is 0. The van der Waals surface area contributed by atoms with Crippen LogP contribution in [0.25, 0.3) is 0 Å². The van der Waals surface area contributed by atoms with E-state index in [1.807, 2.05) is 37.3 Å². The van der Waals surface area contributed by atoms with Crippen molar-refractivity contribution in [2.45, 2.75) is 19.9 Å². The predicted molar refractivity (Wildman–Crippen MR) is 102 cm³/mol. The molecule has 1 atom stereocenters.